The number of hydrogen-bond acceptors (Lipinski definition) is 8. The fourth-order valence-electron chi connectivity index (χ4n) is 4.30. The van der Waals surface area contributed by atoms with Crippen LogP contribution < -0.4 is 19.1 Å². The third kappa shape index (κ3) is 4.48. The van der Waals surface area contributed by atoms with Crippen molar-refractivity contribution in [2.75, 3.05) is 25.7 Å². The first-order valence-electron chi connectivity index (χ1n) is 11.7. The van der Waals surface area contributed by atoms with Crippen LogP contribution in [0.15, 0.2) is 85.0 Å². The third-order valence-corrected chi connectivity index (χ3v) is 7.16. The van der Waals surface area contributed by atoms with Crippen molar-refractivity contribution in [3.05, 3.63) is 96.1 Å². The average molecular weight is 529 g/mol. The fourth-order valence-corrected chi connectivity index (χ4v) is 5.32. The number of carbonyl (C=O) groups excluding carboxylic acids is 2. The van der Waals surface area contributed by atoms with Gasteiger partial charge in [0.05, 0.1) is 36.1 Å². The number of carbonyl (C=O) groups is 2. The first kappa shape index (κ1) is 25.0. The van der Waals surface area contributed by atoms with Crippen molar-refractivity contribution >= 4 is 44.1 Å². The minimum atomic E-state index is -0.919. The average Bonchev–Trinajstić information content (AvgIpc) is 3.49. The van der Waals surface area contributed by atoms with Crippen molar-refractivity contribution in [2.24, 2.45) is 0 Å². The second-order valence-corrected chi connectivity index (χ2v) is 9.41. The molecule has 1 amide bonds. The summed E-state index contributed by atoms with van der Waals surface area (Å²) in [6.07, 6.45) is 1.64. The van der Waals surface area contributed by atoms with Crippen molar-refractivity contribution in [2.45, 2.75) is 6.04 Å². The molecule has 1 fully saturated rings. The Morgan fingerprint density at radius 1 is 1.03 bits per heavy atom. The monoisotopic (exact) mass is 528 g/mol. The summed E-state index contributed by atoms with van der Waals surface area (Å²) in [5.74, 6) is -0.130. The number of ketones is 1. The Labute approximate surface area is 223 Å². The Hall–Kier alpha value is -4.63. The lowest BCUT2D eigenvalue weighted by Crippen LogP contribution is -2.29. The predicted molar refractivity (Wildman–Crippen MR) is 146 cm³/mol. The maximum Gasteiger partial charge on any atom is 0.301 e. The summed E-state index contributed by atoms with van der Waals surface area (Å²) >= 11 is 1.26. The van der Waals surface area contributed by atoms with Gasteiger partial charge in [-0.15, -0.1) is 0 Å². The van der Waals surface area contributed by atoms with E-state index < -0.39 is 17.7 Å². The van der Waals surface area contributed by atoms with Gasteiger partial charge in [0.15, 0.2) is 5.13 Å². The minimum absolute atomic E-state index is 0.0418. The van der Waals surface area contributed by atoms with Crippen LogP contribution in [0.2, 0.25) is 0 Å². The number of Topliss-reactive ketones (excluding diaryl/α,β-unsaturated/α-hetero) is 1. The van der Waals surface area contributed by atoms with Gasteiger partial charge >= 0.3 is 5.91 Å². The van der Waals surface area contributed by atoms with Crippen LogP contribution in [-0.2, 0) is 9.59 Å². The van der Waals surface area contributed by atoms with Gasteiger partial charge in [0.25, 0.3) is 5.78 Å². The number of nitrogens with zero attached hydrogens (tertiary/aromatic N) is 2. The van der Waals surface area contributed by atoms with Gasteiger partial charge in [-0.2, -0.15) is 0 Å². The highest BCUT2D eigenvalue weighted by Gasteiger charge is 2.48. The quantitative estimate of drug-likeness (QED) is 0.139. The van der Waals surface area contributed by atoms with Crippen LogP contribution in [-0.4, -0.2) is 42.6 Å². The van der Waals surface area contributed by atoms with Crippen molar-refractivity contribution in [1.82, 2.24) is 4.98 Å². The van der Waals surface area contributed by atoms with Crippen LogP contribution in [0.4, 0.5) is 5.13 Å². The van der Waals surface area contributed by atoms with Crippen LogP contribution >= 0.6 is 11.3 Å². The molecule has 1 atom stereocenters. The summed E-state index contributed by atoms with van der Waals surface area (Å²) in [7, 11) is 3.08. The zero-order chi connectivity index (χ0) is 26.8. The number of fused-ring (bicyclic) bond motifs is 1. The van der Waals surface area contributed by atoms with Gasteiger partial charge in [-0.1, -0.05) is 48.3 Å². The lowest BCUT2D eigenvalue weighted by molar-refractivity contribution is -0.132. The molecule has 192 valence electrons. The van der Waals surface area contributed by atoms with Crippen LogP contribution in [0.3, 0.4) is 0 Å². The minimum Gasteiger partial charge on any atom is -0.507 e. The molecule has 1 N–H and O–H groups in total. The molecule has 9 heteroatoms. The summed E-state index contributed by atoms with van der Waals surface area (Å²) in [5.41, 5.74) is 1.58. The molecule has 0 aliphatic carbocycles. The van der Waals surface area contributed by atoms with Crippen LogP contribution in [0.25, 0.3) is 16.0 Å². The van der Waals surface area contributed by atoms with Crippen LogP contribution in [0.1, 0.15) is 17.2 Å². The number of methoxy groups -OCH3 is 2. The van der Waals surface area contributed by atoms with Gasteiger partial charge in [-0.3, -0.25) is 14.5 Å². The van der Waals surface area contributed by atoms with Crippen molar-refractivity contribution < 1.29 is 28.9 Å². The van der Waals surface area contributed by atoms with Gasteiger partial charge in [-0.05, 0) is 48.0 Å². The highest BCUT2D eigenvalue weighted by molar-refractivity contribution is 7.22. The molecule has 0 spiro atoms. The first-order chi connectivity index (χ1) is 18.4. The van der Waals surface area contributed by atoms with Gasteiger partial charge in [0, 0.05) is 5.56 Å². The molecule has 0 radical (unpaired) electrons. The summed E-state index contributed by atoms with van der Waals surface area (Å²) in [6, 6.07) is 18.2. The molecule has 0 bridgehead atoms. The highest BCUT2D eigenvalue weighted by atomic mass is 32.1. The molecule has 1 saturated heterocycles. The van der Waals surface area contributed by atoms with Gasteiger partial charge in [0.2, 0.25) is 0 Å². The molecule has 1 aromatic heterocycles. The van der Waals surface area contributed by atoms with E-state index in [2.05, 4.69) is 11.6 Å². The Morgan fingerprint density at radius 2 is 1.74 bits per heavy atom. The zero-order valence-corrected chi connectivity index (χ0v) is 21.5. The van der Waals surface area contributed by atoms with Gasteiger partial charge in [0.1, 0.15) is 29.6 Å². The van der Waals surface area contributed by atoms with E-state index in [0.717, 1.165) is 4.70 Å². The van der Waals surface area contributed by atoms with E-state index in [9.17, 15) is 14.7 Å². The number of amides is 1. The summed E-state index contributed by atoms with van der Waals surface area (Å²) in [4.78, 5) is 32.9. The molecule has 38 heavy (non-hydrogen) atoms. The molecule has 8 nitrogen and oxygen atoms in total. The predicted octanol–water partition coefficient (Wildman–Crippen LogP) is 5.50. The maximum absolute atomic E-state index is 13.5. The van der Waals surface area contributed by atoms with E-state index >= 15 is 0 Å². The fraction of sp³-hybridized carbons (Fsp3) is 0.138. The molecule has 4 aromatic rings. The van der Waals surface area contributed by atoms with Gasteiger partial charge < -0.3 is 19.3 Å². The number of aliphatic hydroxyl groups is 1. The molecule has 2 heterocycles. The van der Waals surface area contributed by atoms with E-state index in [-0.39, 0.29) is 11.3 Å². The zero-order valence-electron chi connectivity index (χ0n) is 20.7. The molecule has 1 unspecified atom stereocenters. The number of aromatic nitrogens is 1. The van der Waals surface area contributed by atoms with Crippen LogP contribution in [0, 0.1) is 0 Å². The number of thiazole rings is 1. The largest absolute Gasteiger partial charge is 0.507 e. The second-order valence-electron chi connectivity index (χ2n) is 8.40. The summed E-state index contributed by atoms with van der Waals surface area (Å²) in [6.45, 7) is 3.99. The van der Waals surface area contributed by atoms with Crippen molar-refractivity contribution in [1.29, 1.82) is 0 Å². The molecular formula is C29H24N2O6S. The third-order valence-electron chi connectivity index (χ3n) is 6.14. The highest BCUT2D eigenvalue weighted by Crippen LogP contribution is 2.45. The Morgan fingerprint density at radius 3 is 2.45 bits per heavy atom. The molecule has 1 aliphatic heterocycles. The number of benzene rings is 3. The van der Waals surface area contributed by atoms with Crippen molar-refractivity contribution in [3.8, 4) is 17.2 Å². The maximum atomic E-state index is 13.5. The SMILES string of the molecule is C=CCOc1ccc(C2C(=C(O)c3cccc(OC)c3)C(=O)C(=O)N2c2nc3ccc(OC)cc3s2)cc1. The number of hydrogen-bond donors (Lipinski definition) is 1. The van der Waals surface area contributed by atoms with E-state index in [0.29, 0.717) is 45.6 Å². The van der Waals surface area contributed by atoms with E-state index in [1.165, 1.54) is 23.3 Å². The number of ether oxygens (including phenoxy) is 3. The molecule has 5 rings (SSSR count). The topological polar surface area (TPSA) is 98.2 Å². The van der Waals surface area contributed by atoms with E-state index in [1.807, 2.05) is 6.07 Å². The number of rotatable bonds is 8. The number of anilines is 1. The molecule has 1 aliphatic rings. The second kappa shape index (κ2) is 10.4. The number of aliphatic hydroxyl groups excluding tert-OH is 1. The standard InChI is InChI=1S/C29H24N2O6S/c1-4-14-37-19-10-8-17(9-11-19)25-24(26(32)18-6-5-7-20(15-18)35-2)27(33)28(34)31(25)29-30-22-13-12-21(36-3)16-23(22)38-29/h4-13,15-16,25,32H,1,14H2,2-3H3. The Kier molecular flexibility index (Phi) is 6.85. The first-order valence-corrected chi connectivity index (χ1v) is 12.5. The van der Waals surface area contributed by atoms with Gasteiger partial charge in [-0.25, -0.2) is 4.98 Å². The molecule has 0 saturated carbocycles. The van der Waals surface area contributed by atoms with Crippen LogP contribution in [0.5, 0.6) is 17.2 Å². The summed E-state index contributed by atoms with van der Waals surface area (Å²) < 4.78 is 17.0. The summed E-state index contributed by atoms with van der Waals surface area (Å²) in [5, 5.41) is 11.7. The van der Waals surface area contributed by atoms with E-state index in [4.69, 9.17) is 14.2 Å². The normalized spacial score (nSPS) is 16.6. The molecular weight excluding hydrogens is 504 g/mol. The lowest BCUT2D eigenvalue weighted by atomic mass is 9.95. The smallest absolute Gasteiger partial charge is 0.301 e. The van der Waals surface area contributed by atoms with E-state index in [1.54, 1.807) is 73.8 Å². The Balaban J connectivity index is 1.67. The Bertz CT molecular complexity index is 1570. The lowest BCUT2D eigenvalue weighted by Gasteiger charge is -2.23. The van der Waals surface area contributed by atoms with Crippen molar-refractivity contribution in [3.63, 3.8) is 0 Å². The molecule has 3 aromatic carbocycles.